The Hall–Kier alpha value is -3.00. The highest BCUT2D eigenvalue weighted by Crippen LogP contribution is 2.37. The smallest absolute Gasteiger partial charge is 0.244 e. The molecule has 156 valence electrons. The lowest BCUT2D eigenvalue weighted by molar-refractivity contribution is -0.118. The highest BCUT2D eigenvalue weighted by Gasteiger charge is 2.40. The molecule has 1 aromatic carbocycles. The molecule has 7 nitrogen and oxygen atoms in total. The average Bonchev–Trinajstić information content (AvgIpc) is 3.42. The number of halogens is 2. The normalized spacial score (nSPS) is 15.7. The van der Waals surface area contributed by atoms with Crippen LogP contribution in [-0.4, -0.2) is 25.8 Å². The van der Waals surface area contributed by atoms with Gasteiger partial charge in [0.05, 0.1) is 11.4 Å². The van der Waals surface area contributed by atoms with Gasteiger partial charge in [0.25, 0.3) is 0 Å². The Morgan fingerprint density at radius 2 is 1.97 bits per heavy atom. The van der Waals surface area contributed by atoms with Crippen LogP contribution in [0.2, 0.25) is 5.15 Å². The molecule has 0 bridgehead atoms. The van der Waals surface area contributed by atoms with Crippen molar-refractivity contribution >= 4 is 23.6 Å². The third-order valence-corrected chi connectivity index (χ3v) is 5.66. The van der Waals surface area contributed by atoms with E-state index in [4.69, 9.17) is 16.1 Å². The van der Waals surface area contributed by atoms with Gasteiger partial charge in [0.1, 0.15) is 16.5 Å². The van der Waals surface area contributed by atoms with Gasteiger partial charge in [0, 0.05) is 18.6 Å². The largest absolute Gasteiger partial charge is 0.340 e. The SMILES string of the molecule is Cc1nc(C2(NC(=O)/C=C/c3c(C)nn(-c4ccc(F)cc4)c3Cl)CCCC2)no1. The van der Waals surface area contributed by atoms with Crippen LogP contribution in [0.15, 0.2) is 34.9 Å². The van der Waals surface area contributed by atoms with Crippen molar-refractivity contribution in [3.8, 4) is 5.69 Å². The van der Waals surface area contributed by atoms with Crippen molar-refractivity contribution in [2.45, 2.75) is 45.1 Å². The summed E-state index contributed by atoms with van der Waals surface area (Å²) in [6.07, 6.45) is 6.53. The maximum atomic E-state index is 13.2. The standard InChI is InChI=1S/C21H21ClFN5O2/c1-13-17(19(22)28(26-13)16-7-5-15(23)6-8-16)9-10-18(29)25-21(11-3-4-12-21)20-24-14(2)30-27-20/h5-10H,3-4,11-12H2,1-2H3,(H,25,29)/b10-9+. The summed E-state index contributed by atoms with van der Waals surface area (Å²) >= 11 is 6.48. The molecule has 0 aliphatic heterocycles. The Morgan fingerprint density at radius 3 is 2.60 bits per heavy atom. The number of carbonyl (C=O) groups excluding carboxylic acids is 1. The number of rotatable bonds is 5. The van der Waals surface area contributed by atoms with E-state index in [2.05, 4.69) is 20.6 Å². The zero-order valence-corrected chi connectivity index (χ0v) is 17.4. The first-order chi connectivity index (χ1) is 14.4. The fourth-order valence-corrected chi connectivity index (χ4v) is 4.10. The first-order valence-electron chi connectivity index (χ1n) is 9.70. The Labute approximate surface area is 177 Å². The predicted molar refractivity (Wildman–Crippen MR) is 110 cm³/mol. The molecule has 1 amide bonds. The summed E-state index contributed by atoms with van der Waals surface area (Å²) in [5.41, 5.74) is 1.28. The third-order valence-electron chi connectivity index (χ3n) is 5.30. The molecule has 0 unspecified atom stereocenters. The van der Waals surface area contributed by atoms with Crippen LogP contribution in [0, 0.1) is 19.7 Å². The van der Waals surface area contributed by atoms with Crippen LogP contribution in [-0.2, 0) is 10.3 Å². The van der Waals surface area contributed by atoms with Crippen LogP contribution in [0.25, 0.3) is 11.8 Å². The predicted octanol–water partition coefficient (Wildman–Crippen LogP) is 4.26. The van der Waals surface area contributed by atoms with Crippen molar-refractivity contribution in [2.75, 3.05) is 0 Å². The van der Waals surface area contributed by atoms with Gasteiger partial charge in [0.2, 0.25) is 11.8 Å². The summed E-state index contributed by atoms with van der Waals surface area (Å²) in [4.78, 5) is 17.0. The maximum Gasteiger partial charge on any atom is 0.244 e. The number of amides is 1. The fraction of sp³-hybridized carbons (Fsp3) is 0.333. The second-order valence-electron chi connectivity index (χ2n) is 7.43. The van der Waals surface area contributed by atoms with Crippen LogP contribution in [0.3, 0.4) is 0 Å². The van der Waals surface area contributed by atoms with Gasteiger partial charge in [-0.05, 0) is 50.1 Å². The van der Waals surface area contributed by atoms with Gasteiger partial charge in [0.15, 0.2) is 5.82 Å². The topological polar surface area (TPSA) is 85.8 Å². The summed E-state index contributed by atoms with van der Waals surface area (Å²) in [5, 5.41) is 11.8. The molecule has 2 heterocycles. The minimum absolute atomic E-state index is 0.274. The van der Waals surface area contributed by atoms with Crippen molar-refractivity contribution in [3.05, 3.63) is 64.3 Å². The molecule has 1 aliphatic carbocycles. The summed E-state index contributed by atoms with van der Waals surface area (Å²) in [6.45, 7) is 3.52. The van der Waals surface area contributed by atoms with E-state index in [0.29, 0.717) is 33.8 Å². The average molecular weight is 430 g/mol. The van der Waals surface area contributed by atoms with Crippen LogP contribution in [0.4, 0.5) is 4.39 Å². The van der Waals surface area contributed by atoms with Gasteiger partial charge >= 0.3 is 0 Å². The van der Waals surface area contributed by atoms with Crippen molar-refractivity contribution in [2.24, 2.45) is 0 Å². The molecule has 0 saturated heterocycles. The van der Waals surface area contributed by atoms with E-state index in [-0.39, 0.29) is 11.7 Å². The zero-order chi connectivity index (χ0) is 21.3. The number of nitrogens with zero attached hydrogens (tertiary/aromatic N) is 4. The van der Waals surface area contributed by atoms with E-state index < -0.39 is 5.54 Å². The Morgan fingerprint density at radius 1 is 1.27 bits per heavy atom. The lowest BCUT2D eigenvalue weighted by Gasteiger charge is -2.25. The minimum atomic E-state index is -0.615. The summed E-state index contributed by atoms with van der Waals surface area (Å²) in [6, 6.07) is 5.86. The fourth-order valence-electron chi connectivity index (χ4n) is 3.77. The molecular weight excluding hydrogens is 409 g/mol. The lowest BCUT2D eigenvalue weighted by atomic mass is 9.96. The van der Waals surface area contributed by atoms with Gasteiger partial charge in [-0.25, -0.2) is 9.07 Å². The molecule has 0 spiro atoms. The molecule has 4 rings (SSSR count). The number of aryl methyl sites for hydroxylation is 2. The van der Waals surface area contributed by atoms with Gasteiger partial charge in [-0.3, -0.25) is 4.79 Å². The number of hydrogen-bond donors (Lipinski definition) is 1. The molecule has 1 saturated carbocycles. The van der Waals surface area contributed by atoms with Gasteiger partial charge < -0.3 is 9.84 Å². The molecule has 9 heteroatoms. The number of nitrogens with one attached hydrogen (secondary N) is 1. The number of benzene rings is 1. The molecule has 30 heavy (non-hydrogen) atoms. The van der Waals surface area contributed by atoms with E-state index in [1.807, 2.05) is 0 Å². The zero-order valence-electron chi connectivity index (χ0n) is 16.7. The van der Waals surface area contributed by atoms with E-state index in [1.165, 1.54) is 22.9 Å². The molecule has 1 aliphatic rings. The van der Waals surface area contributed by atoms with Crippen molar-refractivity contribution in [1.82, 2.24) is 25.2 Å². The van der Waals surface area contributed by atoms with E-state index >= 15 is 0 Å². The third kappa shape index (κ3) is 3.87. The van der Waals surface area contributed by atoms with Crippen molar-refractivity contribution in [1.29, 1.82) is 0 Å². The second-order valence-corrected chi connectivity index (χ2v) is 7.78. The highest BCUT2D eigenvalue weighted by atomic mass is 35.5. The van der Waals surface area contributed by atoms with Crippen LogP contribution < -0.4 is 5.32 Å². The van der Waals surface area contributed by atoms with Gasteiger partial charge in [-0.2, -0.15) is 10.1 Å². The number of carbonyl (C=O) groups is 1. The van der Waals surface area contributed by atoms with Crippen molar-refractivity contribution in [3.63, 3.8) is 0 Å². The summed E-state index contributed by atoms with van der Waals surface area (Å²) in [5.74, 6) is 0.367. The Kier molecular flexibility index (Phi) is 5.42. The second kappa shape index (κ2) is 8.02. The van der Waals surface area contributed by atoms with E-state index in [1.54, 1.807) is 32.1 Å². The molecule has 1 fully saturated rings. The first-order valence-corrected chi connectivity index (χ1v) is 10.1. The summed E-state index contributed by atoms with van der Waals surface area (Å²) < 4.78 is 19.8. The van der Waals surface area contributed by atoms with E-state index in [0.717, 1.165) is 25.7 Å². The van der Waals surface area contributed by atoms with Crippen LogP contribution >= 0.6 is 11.6 Å². The Bertz CT molecular complexity index is 1100. The molecule has 0 atom stereocenters. The number of hydrogen-bond acceptors (Lipinski definition) is 5. The van der Waals surface area contributed by atoms with Crippen LogP contribution in [0.5, 0.6) is 0 Å². The first kappa shape index (κ1) is 20.3. The molecule has 0 radical (unpaired) electrons. The molecule has 3 aromatic rings. The highest BCUT2D eigenvalue weighted by molar-refractivity contribution is 6.31. The number of aromatic nitrogens is 4. The summed E-state index contributed by atoms with van der Waals surface area (Å²) in [7, 11) is 0. The van der Waals surface area contributed by atoms with Crippen molar-refractivity contribution < 1.29 is 13.7 Å². The van der Waals surface area contributed by atoms with Crippen LogP contribution in [0.1, 0.15) is 48.7 Å². The minimum Gasteiger partial charge on any atom is -0.340 e. The van der Waals surface area contributed by atoms with Gasteiger partial charge in [-0.1, -0.05) is 29.6 Å². The lowest BCUT2D eigenvalue weighted by Crippen LogP contribution is -2.44. The maximum absolute atomic E-state index is 13.2. The Balaban J connectivity index is 1.55. The molecule has 2 aromatic heterocycles. The molecular formula is C21H21ClFN5O2. The van der Waals surface area contributed by atoms with E-state index in [9.17, 15) is 9.18 Å². The van der Waals surface area contributed by atoms with Gasteiger partial charge in [-0.15, -0.1) is 0 Å². The molecule has 1 N–H and O–H groups in total. The quantitative estimate of drug-likeness (QED) is 0.612. The monoisotopic (exact) mass is 429 g/mol.